The second-order valence-corrected chi connectivity index (χ2v) is 13.6. The van der Waals surface area contributed by atoms with E-state index >= 15 is 0 Å². The van der Waals surface area contributed by atoms with Crippen molar-refractivity contribution in [2.75, 3.05) is 33.1 Å². The van der Waals surface area contributed by atoms with Gasteiger partial charge in [-0.3, -0.25) is 4.90 Å². The van der Waals surface area contributed by atoms with Gasteiger partial charge in [-0.05, 0) is 53.2 Å². The minimum Gasteiger partial charge on any atom is -0.497 e. The van der Waals surface area contributed by atoms with Gasteiger partial charge in [0.1, 0.15) is 36.1 Å². The number of hydrogen-bond donors (Lipinski definition) is 0. The summed E-state index contributed by atoms with van der Waals surface area (Å²) in [5, 5.41) is 0.237. The number of likely N-dealkylation sites (tertiary alicyclic amines) is 1. The van der Waals surface area contributed by atoms with Crippen LogP contribution in [0, 0.1) is 5.92 Å². The number of nitrogens with zero attached hydrogens (tertiary/aromatic N) is 3. The molecule has 2 aliphatic rings. The van der Waals surface area contributed by atoms with Gasteiger partial charge in [0.2, 0.25) is 0 Å². The van der Waals surface area contributed by atoms with Gasteiger partial charge in [-0.25, -0.2) is 14.6 Å². The van der Waals surface area contributed by atoms with Crippen molar-refractivity contribution in [1.82, 2.24) is 9.80 Å². The Bertz CT molecular complexity index is 1330. The average molecular weight is 594 g/mol. The number of carbonyl (C=O) groups is 2. The van der Waals surface area contributed by atoms with Gasteiger partial charge in [-0.15, -0.1) is 0 Å². The highest BCUT2D eigenvalue weighted by molar-refractivity contribution is 8.13. The molecule has 2 radical (unpaired) electrons. The summed E-state index contributed by atoms with van der Waals surface area (Å²) in [6, 6.07) is 13.5. The lowest BCUT2D eigenvalue weighted by Gasteiger charge is -2.38. The molecule has 2 aliphatic heterocycles. The minimum absolute atomic E-state index is 0.0800. The summed E-state index contributed by atoms with van der Waals surface area (Å²) in [5.74, 6) is 2.15. The van der Waals surface area contributed by atoms with Crippen molar-refractivity contribution in [2.24, 2.45) is 10.9 Å². The van der Waals surface area contributed by atoms with Crippen LogP contribution in [0.3, 0.4) is 0 Å². The summed E-state index contributed by atoms with van der Waals surface area (Å²) in [6.07, 6.45) is -1.66. The minimum atomic E-state index is -0.831. The maximum absolute atomic E-state index is 13.5. The van der Waals surface area contributed by atoms with Crippen LogP contribution in [0.25, 0.3) is 0 Å². The molecule has 9 nitrogen and oxygen atoms in total. The predicted octanol–water partition coefficient (Wildman–Crippen LogP) is 5.10. The third kappa shape index (κ3) is 7.23. The van der Waals surface area contributed by atoms with Crippen molar-refractivity contribution in [3.8, 4) is 11.5 Å². The molecule has 1 saturated heterocycles. The number of benzene rings is 2. The first-order valence-corrected chi connectivity index (χ1v) is 14.9. The van der Waals surface area contributed by atoms with Crippen LogP contribution in [0.5, 0.6) is 11.5 Å². The molecule has 1 fully saturated rings. The second kappa shape index (κ2) is 12.2. The van der Waals surface area contributed by atoms with Gasteiger partial charge < -0.3 is 18.9 Å². The van der Waals surface area contributed by atoms with Crippen molar-refractivity contribution < 1.29 is 28.5 Å². The highest BCUT2D eigenvalue weighted by Gasteiger charge is 2.52. The summed E-state index contributed by atoms with van der Waals surface area (Å²) in [4.78, 5) is 35.4. The summed E-state index contributed by atoms with van der Waals surface area (Å²) in [7, 11) is 9.51. The lowest BCUT2D eigenvalue weighted by atomic mass is 9.79. The number of amidine groups is 1. The first-order valence-electron chi connectivity index (χ1n) is 13.9. The molecule has 0 N–H and O–H groups in total. The van der Waals surface area contributed by atoms with Crippen LogP contribution in [-0.2, 0) is 21.6 Å². The number of aliphatic imine (C=N–C) groups is 1. The SMILES string of the molecule is [B]c1cccc([C@]23CN(Cc4ccc(OC)cc4OC)C[C@H]2CSC(N(C(=O)OC(C)(C)C)C(=O)OC(C)(C)C)=N3)c1. The Balaban J connectivity index is 1.76. The van der Waals surface area contributed by atoms with E-state index in [0.29, 0.717) is 24.3 Å². The molecule has 2 atom stereocenters. The van der Waals surface area contributed by atoms with Crippen LogP contribution in [0.15, 0.2) is 47.5 Å². The van der Waals surface area contributed by atoms with Crippen molar-refractivity contribution in [1.29, 1.82) is 0 Å². The maximum atomic E-state index is 13.5. The number of hydrogen-bond acceptors (Lipinski definition) is 9. The monoisotopic (exact) mass is 593 g/mol. The lowest BCUT2D eigenvalue weighted by molar-refractivity contribution is 0.0150. The van der Waals surface area contributed by atoms with Gasteiger partial charge in [0.15, 0.2) is 5.17 Å². The van der Waals surface area contributed by atoms with Crippen molar-refractivity contribution >= 4 is 42.4 Å². The normalized spacial score (nSPS) is 20.8. The van der Waals surface area contributed by atoms with Crippen molar-refractivity contribution in [3.63, 3.8) is 0 Å². The van der Waals surface area contributed by atoms with Crippen LogP contribution in [0.4, 0.5) is 9.59 Å². The van der Waals surface area contributed by atoms with Crippen LogP contribution in [0.2, 0.25) is 0 Å². The van der Waals surface area contributed by atoms with E-state index in [4.69, 9.17) is 31.8 Å². The zero-order valence-corrected chi connectivity index (χ0v) is 26.5. The second-order valence-electron chi connectivity index (χ2n) is 12.6. The van der Waals surface area contributed by atoms with Gasteiger partial charge in [0.25, 0.3) is 0 Å². The number of rotatable bonds is 5. The van der Waals surface area contributed by atoms with Gasteiger partial charge in [0, 0.05) is 42.9 Å². The number of methoxy groups -OCH3 is 2. The molecule has 11 heteroatoms. The highest BCUT2D eigenvalue weighted by Crippen LogP contribution is 2.47. The van der Waals surface area contributed by atoms with Crippen LogP contribution < -0.4 is 14.9 Å². The molecule has 0 aromatic heterocycles. The molecule has 0 bridgehead atoms. The molecule has 2 amide bonds. The number of thioether (sulfide) groups is 1. The van der Waals surface area contributed by atoms with E-state index < -0.39 is 28.9 Å². The smallest absolute Gasteiger partial charge is 0.426 e. The van der Waals surface area contributed by atoms with Gasteiger partial charge in [-0.2, -0.15) is 4.90 Å². The molecular weight excluding hydrogens is 553 g/mol. The number of imide groups is 1. The van der Waals surface area contributed by atoms with E-state index in [-0.39, 0.29) is 11.1 Å². The topological polar surface area (TPSA) is 89.9 Å². The summed E-state index contributed by atoms with van der Waals surface area (Å²) in [6.45, 7) is 12.4. The zero-order valence-electron chi connectivity index (χ0n) is 25.7. The van der Waals surface area contributed by atoms with Gasteiger partial charge >= 0.3 is 12.2 Å². The number of fused-ring (bicyclic) bond motifs is 1. The Hall–Kier alpha value is -3.18. The highest BCUT2D eigenvalue weighted by atomic mass is 32.2. The largest absolute Gasteiger partial charge is 0.497 e. The lowest BCUT2D eigenvalue weighted by Crippen LogP contribution is -2.49. The molecular formula is C31H40BN3O6S. The molecule has 2 aromatic rings. The van der Waals surface area contributed by atoms with Crippen LogP contribution >= 0.6 is 11.8 Å². The van der Waals surface area contributed by atoms with Gasteiger partial charge in [0.05, 0.1) is 14.2 Å². The first-order chi connectivity index (χ1) is 19.6. The average Bonchev–Trinajstić information content (AvgIpc) is 3.25. The predicted molar refractivity (Wildman–Crippen MR) is 166 cm³/mol. The molecule has 0 saturated carbocycles. The van der Waals surface area contributed by atoms with E-state index in [1.165, 1.54) is 11.8 Å². The molecule has 4 rings (SSSR count). The molecule has 42 heavy (non-hydrogen) atoms. The summed E-state index contributed by atoms with van der Waals surface area (Å²) >= 11 is 1.35. The number of ether oxygens (including phenoxy) is 4. The Labute approximate surface area is 254 Å². The standard InChI is InChI=1S/C31H40BN3O6S/c1-29(2,3)40-27(36)35(28(37)41-30(4,5)6)26-33-31(21-10-9-11-23(32)14-21)19-34(17-22(31)18-42-26)16-20-12-13-24(38-7)15-25(20)39-8/h9-15,22H,16-19H2,1-8H3/t22-,31+/m0/s1. The number of amides is 2. The molecule has 0 unspecified atom stereocenters. The summed E-state index contributed by atoms with van der Waals surface area (Å²) < 4.78 is 22.3. The van der Waals surface area contributed by atoms with E-state index in [2.05, 4.69) is 4.90 Å². The Kier molecular flexibility index (Phi) is 9.23. The van der Waals surface area contributed by atoms with E-state index in [1.807, 2.05) is 42.5 Å². The van der Waals surface area contributed by atoms with Crippen LogP contribution in [-0.4, -0.2) is 79.3 Å². The van der Waals surface area contributed by atoms with Crippen LogP contribution in [0.1, 0.15) is 52.7 Å². The fraction of sp³-hybridized carbons (Fsp3) is 0.516. The number of carbonyl (C=O) groups excluding carboxylic acids is 2. The molecule has 0 spiro atoms. The van der Waals surface area contributed by atoms with Gasteiger partial charge in [-0.1, -0.05) is 47.6 Å². The third-order valence-corrected chi connectivity index (χ3v) is 8.05. The molecule has 2 heterocycles. The Morgan fingerprint density at radius 2 is 1.69 bits per heavy atom. The third-order valence-electron chi connectivity index (χ3n) is 6.95. The Morgan fingerprint density at radius 1 is 1.02 bits per heavy atom. The quantitative estimate of drug-likeness (QED) is 0.443. The maximum Gasteiger partial charge on any atom is 0.426 e. The van der Waals surface area contributed by atoms with Crippen molar-refractivity contribution in [3.05, 3.63) is 53.6 Å². The zero-order chi connectivity index (χ0) is 30.9. The van der Waals surface area contributed by atoms with Crippen molar-refractivity contribution in [2.45, 2.75) is 64.8 Å². The Morgan fingerprint density at radius 3 is 2.26 bits per heavy atom. The fourth-order valence-electron chi connectivity index (χ4n) is 5.20. The molecule has 0 aliphatic carbocycles. The molecule has 2 aromatic carbocycles. The fourth-order valence-corrected chi connectivity index (χ4v) is 6.43. The first kappa shape index (κ1) is 31.8. The van der Waals surface area contributed by atoms with E-state index in [0.717, 1.165) is 34.1 Å². The summed E-state index contributed by atoms with van der Waals surface area (Å²) in [5.41, 5.74) is 0.128. The van der Waals surface area contributed by atoms with E-state index in [9.17, 15) is 9.59 Å². The molecule has 224 valence electrons. The van der Waals surface area contributed by atoms with E-state index in [1.54, 1.807) is 55.8 Å².